The smallest absolute Gasteiger partial charge is 0.129 e. The van der Waals surface area contributed by atoms with Crippen molar-refractivity contribution in [3.8, 4) is 0 Å². The molecule has 1 unspecified atom stereocenters. The summed E-state index contributed by atoms with van der Waals surface area (Å²) in [6.45, 7) is 4.79. The fourth-order valence-electron chi connectivity index (χ4n) is 2.30. The second-order valence-corrected chi connectivity index (χ2v) is 5.85. The van der Waals surface area contributed by atoms with Gasteiger partial charge in [0.2, 0.25) is 0 Å². The molecule has 0 amide bonds. The third-order valence-corrected chi connectivity index (χ3v) is 4.16. The largest absolute Gasteiger partial charge is 0.306 e. The van der Waals surface area contributed by atoms with E-state index in [1.807, 2.05) is 25.1 Å². The van der Waals surface area contributed by atoms with E-state index in [1.165, 1.54) is 6.07 Å². The molecule has 1 N–H and O–H groups in total. The summed E-state index contributed by atoms with van der Waals surface area (Å²) in [4.78, 5) is 0. The van der Waals surface area contributed by atoms with E-state index in [4.69, 9.17) is 23.2 Å². The van der Waals surface area contributed by atoms with Crippen molar-refractivity contribution in [3.63, 3.8) is 0 Å². The molecule has 0 spiro atoms. The highest BCUT2D eigenvalue weighted by atomic mass is 35.5. The van der Waals surface area contributed by atoms with Crippen molar-refractivity contribution in [2.45, 2.75) is 26.3 Å². The Hall–Kier alpha value is -1.09. The third kappa shape index (κ3) is 3.76. The average Bonchev–Trinajstić information content (AvgIpc) is 2.45. The number of aryl methyl sites for hydroxylation is 1. The lowest BCUT2D eigenvalue weighted by Crippen LogP contribution is -2.24. The standard InChI is InChI=1S/C17H18Cl2FN/c1-3-9-21-17(13-8-7-12(18)10-15(13)20)14-6-4-5-11(2)16(14)19/h4-8,10,17,21H,3,9H2,1-2H3. The van der Waals surface area contributed by atoms with Crippen LogP contribution in [0.25, 0.3) is 0 Å². The van der Waals surface area contributed by atoms with E-state index in [2.05, 4.69) is 12.2 Å². The molecule has 112 valence electrons. The zero-order valence-electron chi connectivity index (χ0n) is 12.1. The third-order valence-electron chi connectivity index (χ3n) is 3.40. The molecule has 4 heteroatoms. The van der Waals surface area contributed by atoms with Gasteiger partial charge >= 0.3 is 0 Å². The quantitative estimate of drug-likeness (QED) is 0.762. The van der Waals surface area contributed by atoms with Crippen LogP contribution >= 0.6 is 23.2 Å². The number of hydrogen-bond donors (Lipinski definition) is 1. The number of rotatable bonds is 5. The second-order valence-electron chi connectivity index (χ2n) is 5.03. The molecular weight excluding hydrogens is 308 g/mol. The van der Waals surface area contributed by atoms with Crippen molar-refractivity contribution in [2.75, 3.05) is 6.54 Å². The Labute approximate surface area is 135 Å². The van der Waals surface area contributed by atoms with E-state index in [0.29, 0.717) is 15.6 Å². The SMILES string of the molecule is CCCNC(c1ccc(Cl)cc1F)c1cccc(C)c1Cl. The predicted molar refractivity (Wildman–Crippen MR) is 87.7 cm³/mol. The van der Waals surface area contributed by atoms with Gasteiger partial charge in [-0.2, -0.15) is 0 Å². The molecular formula is C17H18Cl2FN. The van der Waals surface area contributed by atoms with Gasteiger partial charge in [-0.3, -0.25) is 0 Å². The van der Waals surface area contributed by atoms with Crippen LogP contribution in [0.15, 0.2) is 36.4 Å². The van der Waals surface area contributed by atoms with Crippen LogP contribution in [0.4, 0.5) is 4.39 Å². The van der Waals surface area contributed by atoms with E-state index in [9.17, 15) is 4.39 Å². The van der Waals surface area contributed by atoms with Crippen LogP contribution in [0.5, 0.6) is 0 Å². The molecule has 0 heterocycles. The number of nitrogens with one attached hydrogen (secondary N) is 1. The van der Waals surface area contributed by atoms with Gasteiger partial charge in [0.15, 0.2) is 0 Å². The van der Waals surface area contributed by atoms with Crippen molar-refractivity contribution in [1.82, 2.24) is 5.32 Å². The van der Waals surface area contributed by atoms with Crippen LogP contribution < -0.4 is 5.32 Å². The Balaban J connectivity index is 2.49. The van der Waals surface area contributed by atoms with Crippen molar-refractivity contribution in [3.05, 3.63) is 69.0 Å². The maximum absolute atomic E-state index is 14.3. The van der Waals surface area contributed by atoms with Crippen LogP contribution in [0.3, 0.4) is 0 Å². The monoisotopic (exact) mass is 325 g/mol. The summed E-state index contributed by atoms with van der Waals surface area (Å²) in [6.07, 6.45) is 0.954. The molecule has 0 radical (unpaired) electrons. The van der Waals surface area contributed by atoms with Crippen LogP contribution in [0, 0.1) is 12.7 Å². The lowest BCUT2D eigenvalue weighted by atomic mass is 9.96. The van der Waals surface area contributed by atoms with E-state index in [0.717, 1.165) is 24.1 Å². The average molecular weight is 326 g/mol. The molecule has 1 atom stereocenters. The lowest BCUT2D eigenvalue weighted by Gasteiger charge is -2.22. The molecule has 2 aromatic rings. The fraction of sp³-hybridized carbons (Fsp3) is 0.294. The Morgan fingerprint density at radius 1 is 1.14 bits per heavy atom. The lowest BCUT2D eigenvalue weighted by molar-refractivity contribution is 0.547. The zero-order chi connectivity index (χ0) is 15.4. The highest BCUT2D eigenvalue weighted by molar-refractivity contribution is 6.32. The summed E-state index contributed by atoms with van der Waals surface area (Å²) < 4.78 is 14.3. The van der Waals surface area contributed by atoms with Gasteiger partial charge in [0.1, 0.15) is 5.82 Å². The summed E-state index contributed by atoms with van der Waals surface area (Å²) in [7, 11) is 0. The first-order valence-corrected chi connectivity index (χ1v) is 7.73. The molecule has 0 aromatic heterocycles. The van der Waals surface area contributed by atoms with Gasteiger partial charge in [-0.25, -0.2) is 4.39 Å². The fourth-order valence-corrected chi connectivity index (χ4v) is 2.70. The van der Waals surface area contributed by atoms with Gasteiger partial charge in [-0.15, -0.1) is 0 Å². The number of benzene rings is 2. The van der Waals surface area contributed by atoms with Crippen molar-refractivity contribution >= 4 is 23.2 Å². The molecule has 0 aliphatic heterocycles. The molecule has 1 nitrogen and oxygen atoms in total. The molecule has 0 aliphatic rings. The van der Waals surface area contributed by atoms with Crippen LogP contribution in [-0.2, 0) is 0 Å². The van der Waals surface area contributed by atoms with E-state index in [-0.39, 0.29) is 11.9 Å². The summed E-state index contributed by atoms with van der Waals surface area (Å²) in [5.74, 6) is -0.325. The minimum absolute atomic E-state index is 0.283. The normalized spacial score (nSPS) is 12.4. The Kier molecular flexibility index (Phi) is 5.63. The Morgan fingerprint density at radius 3 is 2.57 bits per heavy atom. The van der Waals surface area contributed by atoms with Gasteiger partial charge in [0, 0.05) is 15.6 Å². The summed E-state index contributed by atoms with van der Waals surface area (Å²) >= 11 is 12.3. The second kappa shape index (κ2) is 7.26. The number of halogens is 3. The van der Waals surface area contributed by atoms with Gasteiger partial charge in [-0.1, -0.05) is 54.4 Å². The van der Waals surface area contributed by atoms with Gasteiger partial charge in [0.05, 0.1) is 6.04 Å². The van der Waals surface area contributed by atoms with Gasteiger partial charge < -0.3 is 5.32 Å². The number of hydrogen-bond acceptors (Lipinski definition) is 1. The Morgan fingerprint density at radius 2 is 1.90 bits per heavy atom. The van der Waals surface area contributed by atoms with E-state index >= 15 is 0 Å². The molecule has 0 aliphatic carbocycles. The van der Waals surface area contributed by atoms with E-state index < -0.39 is 0 Å². The summed E-state index contributed by atoms with van der Waals surface area (Å²) in [6, 6.07) is 10.3. The van der Waals surface area contributed by atoms with Gasteiger partial charge in [0.25, 0.3) is 0 Å². The molecule has 2 aromatic carbocycles. The molecule has 0 saturated carbocycles. The van der Waals surface area contributed by atoms with E-state index in [1.54, 1.807) is 12.1 Å². The highest BCUT2D eigenvalue weighted by Gasteiger charge is 2.20. The first-order chi connectivity index (χ1) is 10.0. The maximum atomic E-state index is 14.3. The highest BCUT2D eigenvalue weighted by Crippen LogP contribution is 2.32. The summed E-state index contributed by atoms with van der Waals surface area (Å²) in [5, 5.41) is 4.42. The van der Waals surface area contributed by atoms with Crippen LogP contribution in [0.1, 0.15) is 36.1 Å². The Bertz CT molecular complexity index is 628. The predicted octanol–water partition coefficient (Wildman–Crippen LogP) is 5.53. The molecule has 0 fully saturated rings. The molecule has 0 bridgehead atoms. The van der Waals surface area contributed by atoms with Crippen LogP contribution in [-0.4, -0.2) is 6.54 Å². The molecule has 0 saturated heterocycles. The first kappa shape index (κ1) is 16.3. The maximum Gasteiger partial charge on any atom is 0.129 e. The van der Waals surface area contributed by atoms with Crippen molar-refractivity contribution in [1.29, 1.82) is 0 Å². The van der Waals surface area contributed by atoms with Gasteiger partial charge in [-0.05, 0) is 43.1 Å². The topological polar surface area (TPSA) is 12.0 Å². The van der Waals surface area contributed by atoms with Crippen molar-refractivity contribution < 1.29 is 4.39 Å². The molecule has 2 rings (SSSR count). The minimum atomic E-state index is -0.325. The summed E-state index contributed by atoms with van der Waals surface area (Å²) in [5.41, 5.74) is 2.42. The zero-order valence-corrected chi connectivity index (χ0v) is 13.6. The minimum Gasteiger partial charge on any atom is -0.306 e. The van der Waals surface area contributed by atoms with Crippen LogP contribution in [0.2, 0.25) is 10.0 Å². The first-order valence-electron chi connectivity index (χ1n) is 6.98. The molecule has 21 heavy (non-hydrogen) atoms. The van der Waals surface area contributed by atoms with Crippen molar-refractivity contribution in [2.24, 2.45) is 0 Å².